The summed E-state index contributed by atoms with van der Waals surface area (Å²) < 4.78 is 15.2. The fourth-order valence-electron chi connectivity index (χ4n) is 10.5. The molecule has 9 rings (SSSR count). The quantitative estimate of drug-likeness (QED) is 0.295. The van der Waals surface area contributed by atoms with Gasteiger partial charge in [0.1, 0.15) is 17.5 Å². The first-order chi connectivity index (χ1) is 27.4. The van der Waals surface area contributed by atoms with Gasteiger partial charge in [-0.25, -0.2) is 9.37 Å². The van der Waals surface area contributed by atoms with E-state index in [1.807, 2.05) is 24.5 Å². The molecule has 11 nitrogen and oxygen atoms in total. The summed E-state index contributed by atoms with van der Waals surface area (Å²) in [7, 11) is 0. The van der Waals surface area contributed by atoms with Gasteiger partial charge in [-0.1, -0.05) is 24.3 Å². The molecule has 2 unspecified atom stereocenters. The molecule has 0 spiro atoms. The van der Waals surface area contributed by atoms with Crippen LogP contribution in [0.3, 0.4) is 0 Å². The van der Waals surface area contributed by atoms with Crippen molar-refractivity contribution < 1.29 is 18.8 Å². The molecule has 0 bridgehead atoms. The van der Waals surface area contributed by atoms with E-state index in [4.69, 9.17) is 9.97 Å². The lowest BCUT2D eigenvalue weighted by Gasteiger charge is -2.44. The van der Waals surface area contributed by atoms with Gasteiger partial charge in [0, 0.05) is 82.1 Å². The maximum Gasteiger partial charge on any atom is 0.255 e. The Labute approximate surface area is 335 Å². The van der Waals surface area contributed by atoms with Gasteiger partial charge in [-0.2, -0.15) is 0 Å². The zero-order valence-electron chi connectivity index (χ0n) is 33.7. The van der Waals surface area contributed by atoms with Crippen LogP contribution in [0, 0.1) is 5.92 Å². The van der Waals surface area contributed by atoms with Crippen molar-refractivity contribution in [3.05, 3.63) is 88.4 Å². The second-order valence-corrected chi connectivity index (χ2v) is 17.8. The number of alkyl halides is 1. The molecule has 3 fully saturated rings. The monoisotopic (exact) mass is 774 g/mol. The van der Waals surface area contributed by atoms with Crippen LogP contribution in [-0.2, 0) is 22.6 Å². The van der Waals surface area contributed by atoms with Crippen LogP contribution in [-0.4, -0.2) is 112 Å². The second kappa shape index (κ2) is 14.9. The first-order valence-electron chi connectivity index (χ1n) is 21.0. The average molecular weight is 775 g/mol. The van der Waals surface area contributed by atoms with E-state index in [0.717, 1.165) is 87.7 Å². The first-order valence-corrected chi connectivity index (χ1v) is 21.0. The molecular weight excluding hydrogens is 720 g/mol. The predicted molar refractivity (Wildman–Crippen MR) is 218 cm³/mol. The lowest BCUT2D eigenvalue weighted by molar-refractivity contribution is -0.136. The molecule has 6 heterocycles. The first kappa shape index (κ1) is 37.9. The van der Waals surface area contributed by atoms with Crippen molar-refractivity contribution in [2.24, 2.45) is 5.92 Å². The second-order valence-electron chi connectivity index (χ2n) is 17.8. The molecule has 300 valence electrons. The predicted octanol–water partition coefficient (Wildman–Crippen LogP) is 5.56. The van der Waals surface area contributed by atoms with Gasteiger partial charge in [-0.05, 0) is 112 Å². The van der Waals surface area contributed by atoms with Gasteiger partial charge in [0.05, 0.1) is 24.1 Å². The van der Waals surface area contributed by atoms with Crippen LogP contribution in [0.5, 0.6) is 0 Å². The van der Waals surface area contributed by atoms with E-state index >= 15 is 4.39 Å². The Morgan fingerprint density at radius 2 is 1.67 bits per heavy atom. The highest BCUT2D eigenvalue weighted by atomic mass is 19.1. The maximum absolute atomic E-state index is 15.2. The molecule has 3 amide bonds. The number of rotatable bonds is 8. The Balaban J connectivity index is 0.800. The van der Waals surface area contributed by atoms with E-state index < -0.39 is 11.7 Å². The fraction of sp³-hybridized carbons (Fsp3) is 0.533. The fourth-order valence-corrected chi connectivity index (χ4v) is 10.5. The SMILES string of the molecule is CC(C1CCN(c2cnc([C@@H]3C4=C(C[C@@H](C)N3CC(C)(C)F)c3ccccc3C4)cn2)CC1)N1CCN(c2ccc3c(c2)CN(C2CCC(=O)NC2=O)C3=O)CC1. The van der Waals surface area contributed by atoms with E-state index in [9.17, 15) is 14.4 Å². The number of hydrogen-bond donors (Lipinski definition) is 1. The zero-order chi connectivity index (χ0) is 39.6. The summed E-state index contributed by atoms with van der Waals surface area (Å²) in [6.45, 7) is 14.4. The molecule has 57 heavy (non-hydrogen) atoms. The number of piperidine rings is 2. The standard InChI is InChI=1S/C45H55FN8O3/c1-28-21-36-34-8-6-5-7-31(34)23-37(36)42(54(28)27-45(3,4)46)38-24-48-40(25-47-38)52-15-13-30(14-16-52)29(2)50-17-19-51(20-18-50)33-9-10-35-32(22-33)26-53(44(35)57)39-11-12-41(55)49-43(39)56/h5-10,22,24-25,28-30,39,42H,11-21,23,26-27H2,1-4H3,(H,49,55,56)/t28-,29?,39?,42+/m1/s1. The van der Waals surface area contributed by atoms with Crippen LogP contribution in [0.15, 0.2) is 60.4 Å². The summed E-state index contributed by atoms with van der Waals surface area (Å²) in [6, 6.07) is 14.7. The van der Waals surface area contributed by atoms with Crippen molar-refractivity contribution in [3.8, 4) is 0 Å². The average Bonchev–Trinajstić information content (AvgIpc) is 3.74. The third-order valence-electron chi connectivity index (χ3n) is 13.6. The number of hydrogen-bond acceptors (Lipinski definition) is 9. The van der Waals surface area contributed by atoms with Crippen molar-refractivity contribution in [1.82, 2.24) is 30.0 Å². The van der Waals surface area contributed by atoms with E-state index in [2.05, 4.69) is 69.1 Å². The molecule has 3 aromatic rings. The van der Waals surface area contributed by atoms with Crippen LogP contribution < -0.4 is 15.1 Å². The van der Waals surface area contributed by atoms with Crippen molar-refractivity contribution in [2.75, 3.05) is 55.6 Å². The van der Waals surface area contributed by atoms with Gasteiger partial charge in [0.15, 0.2) is 0 Å². The highest BCUT2D eigenvalue weighted by molar-refractivity contribution is 6.05. The molecule has 1 aliphatic carbocycles. The number of fused-ring (bicyclic) bond motifs is 3. The topological polar surface area (TPSA) is 105 Å². The number of halogens is 1. The number of carbonyl (C=O) groups is 3. The lowest BCUT2D eigenvalue weighted by Crippen LogP contribution is -2.53. The number of benzene rings is 2. The Hall–Kier alpha value is -4.68. The molecule has 3 saturated heterocycles. The van der Waals surface area contributed by atoms with Gasteiger partial charge in [-0.15, -0.1) is 0 Å². The highest BCUT2D eigenvalue weighted by Crippen LogP contribution is 2.48. The number of amides is 3. The smallest absolute Gasteiger partial charge is 0.255 e. The third kappa shape index (κ3) is 7.24. The molecule has 1 N–H and O–H groups in total. The number of nitrogens with zero attached hydrogens (tertiary/aromatic N) is 7. The van der Waals surface area contributed by atoms with E-state index in [0.29, 0.717) is 37.0 Å². The molecule has 0 saturated carbocycles. The number of carbonyl (C=O) groups excluding carboxylic acids is 3. The van der Waals surface area contributed by atoms with Crippen LogP contribution in [0.4, 0.5) is 15.9 Å². The van der Waals surface area contributed by atoms with E-state index in [1.165, 1.54) is 22.3 Å². The zero-order valence-corrected chi connectivity index (χ0v) is 33.7. The third-order valence-corrected chi connectivity index (χ3v) is 13.6. The van der Waals surface area contributed by atoms with Gasteiger partial charge in [0.25, 0.3) is 5.91 Å². The Bertz CT molecular complexity index is 2080. The summed E-state index contributed by atoms with van der Waals surface area (Å²) in [5, 5.41) is 2.39. The summed E-state index contributed by atoms with van der Waals surface area (Å²) in [4.78, 5) is 58.8. The van der Waals surface area contributed by atoms with Crippen molar-refractivity contribution in [2.45, 2.75) is 103 Å². The lowest BCUT2D eigenvalue weighted by atomic mass is 9.86. The molecule has 6 aliphatic rings. The molecular formula is C45H55FN8O3. The summed E-state index contributed by atoms with van der Waals surface area (Å²) in [6.07, 6.45) is 8.51. The minimum absolute atomic E-state index is 0.0953. The van der Waals surface area contributed by atoms with Crippen LogP contribution >= 0.6 is 0 Å². The summed E-state index contributed by atoms with van der Waals surface area (Å²) >= 11 is 0. The molecule has 0 radical (unpaired) electrons. The van der Waals surface area contributed by atoms with Gasteiger partial charge in [-0.3, -0.25) is 34.5 Å². The molecule has 5 aliphatic heterocycles. The molecule has 4 atom stereocenters. The number of anilines is 2. The molecule has 12 heteroatoms. The Morgan fingerprint density at radius 1 is 0.895 bits per heavy atom. The van der Waals surface area contributed by atoms with Crippen molar-refractivity contribution in [3.63, 3.8) is 0 Å². The minimum Gasteiger partial charge on any atom is -0.369 e. The Morgan fingerprint density at radius 3 is 2.39 bits per heavy atom. The maximum atomic E-state index is 15.2. The Kier molecular flexibility index (Phi) is 9.91. The van der Waals surface area contributed by atoms with E-state index in [-0.39, 0.29) is 36.2 Å². The van der Waals surface area contributed by atoms with Crippen LogP contribution in [0.25, 0.3) is 5.57 Å². The number of nitrogens with one attached hydrogen (secondary N) is 1. The largest absolute Gasteiger partial charge is 0.369 e. The van der Waals surface area contributed by atoms with E-state index in [1.54, 1.807) is 18.7 Å². The van der Waals surface area contributed by atoms with Crippen molar-refractivity contribution in [1.29, 1.82) is 0 Å². The number of imide groups is 1. The van der Waals surface area contributed by atoms with Crippen LogP contribution in [0.1, 0.15) is 98.6 Å². The summed E-state index contributed by atoms with van der Waals surface area (Å²) in [5.74, 6) is 0.728. The normalized spacial score (nSPS) is 25.5. The molecule has 2 aromatic carbocycles. The number of aromatic nitrogens is 2. The summed E-state index contributed by atoms with van der Waals surface area (Å²) in [5.41, 5.74) is 7.73. The van der Waals surface area contributed by atoms with Gasteiger partial charge < -0.3 is 14.7 Å². The van der Waals surface area contributed by atoms with Gasteiger partial charge in [0.2, 0.25) is 11.8 Å². The molecule has 1 aromatic heterocycles. The number of piperazine rings is 1. The van der Waals surface area contributed by atoms with Crippen LogP contribution in [0.2, 0.25) is 0 Å². The highest BCUT2D eigenvalue weighted by Gasteiger charge is 2.42. The van der Waals surface area contributed by atoms with Gasteiger partial charge >= 0.3 is 0 Å². The minimum atomic E-state index is -1.32. The van der Waals surface area contributed by atoms with Crippen molar-refractivity contribution >= 4 is 34.8 Å².